The predicted molar refractivity (Wildman–Crippen MR) is 129 cm³/mol. The summed E-state index contributed by atoms with van der Waals surface area (Å²) >= 11 is 0. The summed E-state index contributed by atoms with van der Waals surface area (Å²) in [7, 11) is -3.91. The first-order valence-corrected chi connectivity index (χ1v) is 12.8. The van der Waals surface area contributed by atoms with Gasteiger partial charge in [0.25, 0.3) is 11.8 Å². The molecule has 1 saturated heterocycles. The van der Waals surface area contributed by atoms with Crippen LogP contribution < -0.4 is 10.6 Å². The molecule has 1 unspecified atom stereocenters. The van der Waals surface area contributed by atoms with Gasteiger partial charge in [-0.2, -0.15) is 0 Å². The molecule has 2 amide bonds. The van der Waals surface area contributed by atoms with Crippen molar-refractivity contribution in [1.82, 2.24) is 10.2 Å². The molecule has 2 aliphatic rings. The van der Waals surface area contributed by atoms with E-state index in [0.717, 1.165) is 31.5 Å². The van der Waals surface area contributed by atoms with E-state index >= 15 is 0 Å². The number of hydrogen-bond acceptors (Lipinski definition) is 5. The number of carbonyl (C=O) groups excluding carboxylic acids is 2. The normalized spacial score (nSPS) is 17.7. The summed E-state index contributed by atoms with van der Waals surface area (Å²) in [4.78, 5) is 28.0. The number of anilines is 1. The number of amides is 2. The molecule has 0 saturated carbocycles. The Hall–Kier alpha value is -3.49. The number of nitrogens with one attached hydrogen (secondary N) is 2. The van der Waals surface area contributed by atoms with Gasteiger partial charge in [0, 0.05) is 12.1 Å². The molecule has 1 atom stereocenters. The van der Waals surface area contributed by atoms with E-state index in [0.29, 0.717) is 6.54 Å². The highest BCUT2D eigenvalue weighted by Gasteiger charge is 2.31. The Labute approximate surface area is 198 Å². The molecule has 34 heavy (non-hydrogen) atoms. The van der Waals surface area contributed by atoms with Crippen molar-refractivity contribution in [3.05, 3.63) is 89.5 Å². The van der Waals surface area contributed by atoms with Crippen molar-refractivity contribution in [2.45, 2.75) is 28.7 Å². The van der Waals surface area contributed by atoms with Gasteiger partial charge in [-0.15, -0.1) is 0 Å². The van der Waals surface area contributed by atoms with Crippen LogP contribution in [0.5, 0.6) is 0 Å². The second kappa shape index (κ2) is 9.04. The summed E-state index contributed by atoms with van der Waals surface area (Å²) in [6, 6.07) is 20.5. The summed E-state index contributed by atoms with van der Waals surface area (Å²) in [6.45, 7) is 2.40. The molecule has 1 fully saturated rings. The Morgan fingerprint density at radius 1 is 0.941 bits per heavy atom. The molecule has 3 aromatic rings. The fourth-order valence-electron chi connectivity index (χ4n) is 4.68. The van der Waals surface area contributed by atoms with Crippen molar-refractivity contribution in [2.75, 3.05) is 25.0 Å². The van der Waals surface area contributed by atoms with Crippen LogP contribution in [0.15, 0.2) is 82.6 Å². The van der Waals surface area contributed by atoms with E-state index in [-0.39, 0.29) is 38.6 Å². The van der Waals surface area contributed by atoms with E-state index in [2.05, 4.69) is 27.7 Å². The number of hydrogen-bond donors (Lipinski definition) is 2. The SMILES string of the molecule is O=C(NCC(c1ccccc1)N1CCCC1)c1ccc2c(c1)NC(=O)c1ccccc1S2(=O)=O. The number of fused-ring (bicyclic) bond motifs is 2. The van der Waals surface area contributed by atoms with Gasteiger partial charge in [0.15, 0.2) is 0 Å². The first-order valence-electron chi connectivity index (χ1n) is 11.3. The van der Waals surface area contributed by atoms with Gasteiger partial charge in [-0.1, -0.05) is 42.5 Å². The summed E-state index contributed by atoms with van der Waals surface area (Å²) in [6.07, 6.45) is 2.28. The third kappa shape index (κ3) is 4.10. The minimum absolute atomic E-state index is 0.0263. The average Bonchev–Trinajstić information content (AvgIpc) is 3.36. The van der Waals surface area contributed by atoms with Gasteiger partial charge < -0.3 is 10.6 Å². The van der Waals surface area contributed by atoms with E-state index in [1.54, 1.807) is 12.1 Å². The van der Waals surface area contributed by atoms with E-state index in [1.807, 2.05) is 18.2 Å². The van der Waals surface area contributed by atoms with Crippen molar-refractivity contribution in [3.8, 4) is 0 Å². The van der Waals surface area contributed by atoms with Gasteiger partial charge in [0.2, 0.25) is 9.84 Å². The number of sulfone groups is 1. The fourth-order valence-corrected chi connectivity index (χ4v) is 6.27. The van der Waals surface area contributed by atoms with Crippen LogP contribution >= 0.6 is 0 Å². The number of benzene rings is 3. The molecule has 0 aliphatic carbocycles. The lowest BCUT2D eigenvalue weighted by Crippen LogP contribution is -2.36. The van der Waals surface area contributed by atoms with Crippen molar-refractivity contribution >= 4 is 27.3 Å². The Morgan fingerprint density at radius 2 is 1.65 bits per heavy atom. The highest BCUT2D eigenvalue weighted by atomic mass is 32.2. The van der Waals surface area contributed by atoms with E-state index in [9.17, 15) is 18.0 Å². The zero-order valence-electron chi connectivity index (χ0n) is 18.5. The average molecular weight is 476 g/mol. The van der Waals surface area contributed by atoms with Crippen LogP contribution in [-0.2, 0) is 9.84 Å². The molecular weight excluding hydrogens is 450 g/mol. The largest absolute Gasteiger partial charge is 0.350 e. The number of nitrogens with zero attached hydrogens (tertiary/aromatic N) is 1. The second-order valence-corrected chi connectivity index (χ2v) is 10.4. The topological polar surface area (TPSA) is 95.6 Å². The molecule has 5 rings (SSSR count). The molecule has 2 aliphatic heterocycles. The maximum atomic E-state index is 13.2. The summed E-state index contributed by atoms with van der Waals surface area (Å²) in [5, 5.41) is 5.66. The molecule has 3 aromatic carbocycles. The van der Waals surface area contributed by atoms with Crippen molar-refractivity contribution in [2.24, 2.45) is 0 Å². The molecule has 0 spiro atoms. The molecule has 2 N–H and O–H groups in total. The lowest BCUT2D eigenvalue weighted by atomic mass is 10.1. The van der Waals surface area contributed by atoms with Gasteiger partial charge in [-0.05, 0) is 61.8 Å². The molecule has 7 nitrogen and oxygen atoms in total. The van der Waals surface area contributed by atoms with Gasteiger partial charge in [0.1, 0.15) is 0 Å². The van der Waals surface area contributed by atoms with Crippen molar-refractivity contribution in [1.29, 1.82) is 0 Å². The molecular formula is C26H25N3O4S. The lowest BCUT2D eigenvalue weighted by Gasteiger charge is -2.28. The van der Waals surface area contributed by atoms with Crippen LogP contribution in [-0.4, -0.2) is 44.8 Å². The van der Waals surface area contributed by atoms with E-state index in [1.165, 1.54) is 30.3 Å². The van der Waals surface area contributed by atoms with Crippen LogP contribution in [0.25, 0.3) is 0 Å². The number of likely N-dealkylation sites (tertiary alicyclic amines) is 1. The van der Waals surface area contributed by atoms with Gasteiger partial charge in [-0.25, -0.2) is 8.42 Å². The van der Waals surface area contributed by atoms with Crippen LogP contribution in [0.1, 0.15) is 45.2 Å². The minimum atomic E-state index is -3.91. The third-order valence-electron chi connectivity index (χ3n) is 6.42. The third-order valence-corrected chi connectivity index (χ3v) is 8.29. The predicted octanol–water partition coefficient (Wildman–Crippen LogP) is 3.65. The van der Waals surface area contributed by atoms with Crippen LogP contribution in [0.3, 0.4) is 0 Å². The minimum Gasteiger partial charge on any atom is -0.350 e. The smallest absolute Gasteiger partial charge is 0.257 e. The molecule has 2 heterocycles. The fraction of sp³-hybridized carbons (Fsp3) is 0.231. The lowest BCUT2D eigenvalue weighted by molar-refractivity contribution is 0.0936. The first-order chi connectivity index (χ1) is 16.4. The molecule has 0 radical (unpaired) electrons. The summed E-state index contributed by atoms with van der Waals surface area (Å²) in [5.74, 6) is -0.843. The van der Waals surface area contributed by atoms with Gasteiger partial charge in [0.05, 0.1) is 27.1 Å². The maximum absolute atomic E-state index is 13.2. The Morgan fingerprint density at radius 3 is 2.41 bits per heavy atom. The Balaban J connectivity index is 1.40. The van der Waals surface area contributed by atoms with Gasteiger partial charge in [-0.3, -0.25) is 14.5 Å². The number of carbonyl (C=O) groups is 2. The van der Waals surface area contributed by atoms with Crippen LogP contribution in [0.4, 0.5) is 5.69 Å². The van der Waals surface area contributed by atoms with Crippen LogP contribution in [0, 0.1) is 0 Å². The molecule has 8 heteroatoms. The first kappa shape index (κ1) is 22.3. The Bertz CT molecular complexity index is 1350. The zero-order valence-corrected chi connectivity index (χ0v) is 19.3. The van der Waals surface area contributed by atoms with Gasteiger partial charge >= 0.3 is 0 Å². The van der Waals surface area contributed by atoms with Crippen molar-refractivity contribution in [3.63, 3.8) is 0 Å². The maximum Gasteiger partial charge on any atom is 0.257 e. The quantitative estimate of drug-likeness (QED) is 0.587. The zero-order chi connectivity index (χ0) is 23.7. The second-order valence-electron chi connectivity index (χ2n) is 8.54. The monoisotopic (exact) mass is 475 g/mol. The molecule has 0 aromatic heterocycles. The highest BCUT2D eigenvalue weighted by molar-refractivity contribution is 7.91. The summed E-state index contributed by atoms with van der Waals surface area (Å²) in [5.41, 5.74) is 1.62. The molecule has 0 bridgehead atoms. The van der Waals surface area contributed by atoms with Crippen LogP contribution in [0.2, 0.25) is 0 Å². The Kier molecular flexibility index (Phi) is 5.93. The standard InChI is InChI=1S/C26H25N3O4S/c30-25(27-17-22(29-14-6-7-15-29)18-8-2-1-3-9-18)19-12-13-24-21(16-19)28-26(31)20-10-4-5-11-23(20)34(24,32)33/h1-5,8-13,16,22H,6-7,14-15,17H2,(H,27,30)(H,28,31). The van der Waals surface area contributed by atoms with Crippen molar-refractivity contribution < 1.29 is 18.0 Å². The highest BCUT2D eigenvalue weighted by Crippen LogP contribution is 2.34. The van der Waals surface area contributed by atoms with E-state index < -0.39 is 15.7 Å². The molecule has 174 valence electrons. The summed E-state index contributed by atoms with van der Waals surface area (Å²) < 4.78 is 26.3. The number of rotatable bonds is 5. The van der Waals surface area contributed by atoms with E-state index in [4.69, 9.17) is 0 Å².